The SMILES string of the molecule is CCN(CC)S(=O)(=O)c1cccc(NC(=O)/C=C/c2ccc(OCc3ccccn3)cc2)c1. The Kier molecular flexibility index (Phi) is 8.34. The first kappa shape index (κ1) is 24.2. The lowest BCUT2D eigenvalue weighted by atomic mass is 10.2. The second kappa shape index (κ2) is 11.4. The lowest BCUT2D eigenvalue weighted by Gasteiger charge is -2.18. The summed E-state index contributed by atoms with van der Waals surface area (Å²) in [6, 6.07) is 19.2. The summed E-state index contributed by atoms with van der Waals surface area (Å²) in [5, 5.41) is 2.71. The fourth-order valence-electron chi connectivity index (χ4n) is 3.12. The molecule has 0 saturated carbocycles. The van der Waals surface area contributed by atoms with E-state index >= 15 is 0 Å². The molecule has 0 aliphatic heterocycles. The normalized spacial score (nSPS) is 11.6. The highest BCUT2D eigenvalue weighted by molar-refractivity contribution is 7.89. The second-order valence-electron chi connectivity index (χ2n) is 7.12. The van der Waals surface area contributed by atoms with Crippen molar-refractivity contribution in [2.75, 3.05) is 18.4 Å². The number of pyridine rings is 1. The molecule has 0 atom stereocenters. The zero-order chi connectivity index (χ0) is 23.7. The van der Waals surface area contributed by atoms with Crippen LogP contribution in [0.1, 0.15) is 25.1 Å². The smallest absolute Gasteiger partial charge is 0.248 e. The van der Waals surface area contributed by atoms with Crippen LogP contribution in [0.15, 0.2) is 83.9 Å². The van der Waals surface area contributed by atoms with Crippen molar-refractivity contribution in [2.24, 2.45) is 0 Å². The number of ether oxygens (including phenoxy) is 1. The third kappa shape index (κ3) is 6.74. The Bertz CT molecular complexity index is 1190. The molecule has 1 amide bonds. The maximum atomic E-state index is 12.7. The van der Waals surface area contributed by atoms with E-state index in [0.717, 1.165) is 11.3 Å². The fraction of sp³-hybridized carbons (Fsp3) is 0.200. The van der Waals surface area contributed by atoms with E-state index in [0.29, 0.717) is 31.1 Å². The lowest BCUT2D eigenvalue weighted by molar-refractivity contribution is -0.111. The van der Waals surface area contributed by atoms with Gasteiger partial charge in [0.1, 0.15) is 12.4 Å². The largest absolute Gasteiger partial charge is 0.487 e. The third-order valence-corrected chi connectivity index (χ3v) is 6.91. The highest BCUT2D eigenvalue weighted by Crippen LogP contribution is 2.20. The number of hydrogen-bond donors (Lipinski definition) is 1. The van der Waals surface area contributed by atoms with E-state index in [1.54, 1.807) is 38.3 Å². The maximum absolute atomic E-state index is 12.7. The molecule has 1 heterocycles. The Morgan fingerprint density at radius 3 is 2.45 bits per heavy atom. The molecule has 0 aliphatic carbocycles. The van der Waals surface area contributed by atoms with Crippen LogP contribution in [-0.4, -0.2) is 36.7 Å². The second-order valence-corrected chi connectivity index (χ2v) is 9.06. The van der Waals surface area contributed by atoms with Gasteiger partial charge >= 0.3 is 0 Å². The van der Waals surface area contributed by atoms with E-state index < -0.39 is 10.0 Å². The summed E-state index contributed by atoms with van der Waals surface area (Å²) in [6.45, 7) is 4.71. The van der Waals surface area contributed by atoms with Gasteiger partial charge in [0, 0.05) is 31.0 Å². The van der Waals surface area contributed by atoms with Crippen LogP contribution < -0.4 is 10.1 Å². The average Bonchev–Trinajstić information content (AvgIpc) is 2.83. The quantitative estimate of drug-likeness (QED) is 0.450. The number of sulfonamides is 1. The summed E-state index contributed by atoms with van der Waals surface area (Å²) in [7, 11) is -3.59. The number of rotatable bonds is 10. The predicted molar refractivity (Wildman–Crippen MR) is 129 cm³/mol. The van der Waals surface area contributed by atoms with E-state index in [1.165, 1.54) is 22.5 Å². The van der Waals surface area contributed by atoms with Gasteiger partial charge in [-0.15, -0.1) is 0 Å². The molecule has 172 valence electrons. The molecule has 0 spiro atoms. The van der Waals surface area contributed by atoms with Crippen LogP contribution in [0.4, 0.5) is 5.69 Å². The number of hydrogen-bond acceptors (Lipinski definition) is 5. The minimum absolute atomic E-state index is 0.147. The van der Waals surface area contributed by atoms with Gasteiger partial charge < -0.3 is 10.1 Å². The average molecular weight is 466 g/mol. The zero-order valence-electron chi connectivity index (χ0n) is 18.6. The van der Waals surface area contributed by atoms with E-state index in [2.05, 4.69) is 10.3 Å². The monoisotopic (exact) mass is 465 g/mol. The van der Waals surface area contributed by atoms with Crippen molar-refractivity contribution in [1.29, 1.82) is 0 Å². The molecule has 0 bridgehead atoms. The first-order valence-corrected chi connectivity index (χ1v) is 12.1. The summed E-state index contributed by atoms with van der Waals surface area (Å²) < 4.78 is 32.4. The minimum Gasteiger partial charge on any atom is -0.487 e. The van der Waals surface area contributed by atoms with Gasteiger partial charge in [0.25, 0.3) is 0 Å². The number of aromatic nitrogens is 1. The molecule has 0 radical (unpaired) electrons. The molecule has 1 N–H and O–H groups in total. The van der Waals surface area contributed by atoms with Crippen molar-refractivity contribution < 1.29 is 17.9 Å². The Morgan fingerprint density at radius 1 is 1.03 bits per heavy atom. The molecule has 3 aromatic rings. The molecule has 0 fully saturated rings. The molecule has 0 unspecified atom stereocenters. The van der Waals surface area contributed by atoms with Gasteiger partial charge in [0.05, 0.1) is 10.6 Å². The van der Waals surface area contributed by atoms with Gasteiger partial charge in [0.2, 0.25) is 15.9 Å². The van der Waals surface area contributed by atoms with Crippen LogP contribution in [0, 0.1) is 0 Å². The summed E-state index contributed by atoms with van der Waals surface area (Å²) >= 11 is 0. The van der Waals surface area contributed by atoms with Gasteiger partial charge in [-0.05, 0) is 54.1 Å². The molecule has 0 saturated heterocycles. The van der Waals surface area contributed by atoms with Gasteiger partial charge in [-0.1, -0.05) is 38.1 Å². The number of nitrogens with zero attached hydrogens (tertiary/aromatic N) is 2. The van der Waals surface area contributed by atoms with E-state index in [1.807, 2.05) is 42.5 Å². The third-order valence-electron chi connectivity index (χ3n) is 4.86. The minimum atomic E-state index is -3.59. The lowest BCUT2D eigenvalue weighted by Crippen LogP contribution is -2.30. The van der Waals surface area contributed by atoms with Gasteiger partial charge in [0.15, 0.2) is 0 Å². The molecule has 0 aliphatic rings. The van der Waals surface area contributed by atoms with Crippen molar-refractivity contribution in [2.45, 2.75) is 25.3 Å². The predicted octanol–water partition coefficient (Wildman–Crippen LogP) is 4.34. The summed E-state index contributed by atoms with van der Waals surface area (Å²) in [4.78, 5) is 16.7. The zero-order valence-corrected chi connectivity index (χ0v) is 19.5. The van der Waals surface area contributed by atoms with Crippen molar-refractivity contribution in [3.05, 3.63) is 90.3 Å². The number of amides is 1. The van der Waals surface area contributed by atoms with Crippen LogP contribution in [-0.2, 0) is 21.4 Å². The van der Waals surface area contributed by atoms with E-state index in [4.69, 9.17) is 4.74 Å². The van der Waals surface area contributed by atoms with Crippen LogP contribution in [0.3, 0.4) is 0 Å². The molecule has 1 aromatic heterocycles. The number of nitrogens with one attached hydrogen (secondary N) is 1. The van der Waals surface area contributed by atoms with Crippen LogP contribution >= 0.6 is 0 Å². The van der Waals surface area contributed by atoms with Crippen molar-refractivity contribution in [3.63, 3.8) is 0 Å². The highest BCUT2D eigenvalue weighted by atomic mass is 32.2. The van der Waals surface area contributed by atoms with E-state index in [-0.39, 0.29) is 10.8 Å². The molecular formula is C25H27N3O4S. The Labute approximate surface area is 194 Å². The Balaban J connectivity index is 1.59. The maximum Gasteiger partial charge on any atom is 0.248 e. The van der Waals surface area contributed by atoms with Crippen LogP contribution in [0.5, 0.6) is 5.75 Å². The Hall–Kier alpha value is -3.49. The first-order chi connectivity index (χ1) is 15.9. The number of benzene rings is 2. The molecule has 3 rings (SSSR count). The van der Waals surface area contributed by atoms with Gasteiger partial charge in [-0.2, -0.15) is 4.31 Å². The standard InChI is InChI=1S/C25H27N3O4S/c1-3-28(4-2)33(30,31)24-10-7-9-21(18-24)27-25(29)16-13-20-11-14-23(15-12-20)32-19-22-8-5-6-17-26-22/h5-18H,3-4,19H2,1-2H3,(H,27,29)/b16-13+. The molecule has 33 heavy (non-hydrogen) atoms. The number of carbonyl (C=O) groups excluding carboxylic acids is 1. The van der Waals surface area contributed by atoms with Gasteiger partial charge in [-0.25, -0.2) is 8.42 Å². The van der Waals surface area contributed by atoms with Crippen molar-refractivity contribution in [3.8, 4) is 5.75 Å². The first-order valence-electron chi connectivity index (χ1n) is 10.6. The number of carbonyl (C=O) groups is 1. The van der Waals surface area contributed by atoms with E-state index in [9.17, 15) is 13.2 Å². The highest BCUT2D eigenvalue weighted by Gasteiger charge is 2.21. The number of anilines is 1. The topological polar surface area (TPSA) is 88.6 Å². The van der Waals surface area contributed by atoms with Crippen LogP contribution in [0.2, 0.25) is 0 Å². The van der Waals surface area contributed by atoms with Gasteiger partial charge in [-0.3, -0.25) is 9.78 Å². The fourth-order valence-corrected chi connectivity index (χ4v) is 4.62. The van der Waals surface area contributed by atoms with Crippen LogP contribution in [0.25, 0.3) is 6.08 Å². The molecular weight excluding hydrogens is 438 g/mol. The van der Waals surface area contributed by atoms with Crippen molar-refractivity contribution >= 4 is 27.7 Å². The molecule has 8 heteroatoms. The molecule has 2 aromatic carbocycles. The van der Waals surface area contributed by atoms with Crippen molar-refractivity contribution in [1.82, 2.24) is 9.29 Å². The molecule has 7 nitrogen and oxygen atoms in total. The summed E-state index contributed by atoms with van der Waals surface area (Å²) in [5.41, 5.74) is 2.08. The summed E-state index contributed by atoms with van der Waals surface area (Å²) in [6.07, 6.45) is 4.79. The Morgan fingerprint density at radius 2 is 1.79 bits per heavy atom. The summed E-state index contributed by atoms with van der Waals surface area (Å²) in [5.74, 6) is 0.344.